The van der Waals surface area contributed by atoms with E-state index >= 15 is 0 Å². The molecular formula is C24H13ClN2O6S. The number of hydrogen-bond donors (Lipinski definition) is 2. The average molecular weight is 493 g/mol. The number of nitrogens with one attached hydrogen (secondary N) is 2. The molecule has 5 rings (SSSR count). The minimum absolute atomic E-state index is 0.00131. The van der Waals surface area contributed by atoms with Gasteiger partial charge in [0.25, 0.3) is 11.8 Å². The number of carbonyl (C=O) groups excluding carboxylic acids is 3. The van der Waals surface area contributed by atoms with Crippen LogP contribution >= 0.6 is 23.8 Å². The highest BCUT2D eigenvalue weighted by Gasteiger charge is 2.26. The van der Waals surface area contributed by atoms with E-state index in [-0.39, 0.29) is 38.8 Å². The second kappa shape index (κ2) is 8.05. The van der Waals surface area contributed by atoms with Crippen LogP contribution < -0.4 is 16.1 Å². The van der Waals surface area contributed by atoms with Gasteiger partial charge >= 0.3 is 0 Å². The molecule has 0 atom stereocenters. The van der Waals surface area contributed by atoms with Crippen molar-refractivity contribution < 1.29 is 23.2 Å². The van der Waals surface area contributed by atoms with Crippen LogP contribution in [-0.2, 0) is 9.59 Å². The van der Waals surface area contributed by atoms with E-state index in [1.807, 2.05) is 0 Å². The van der Waals surface area contributed by atoms with Crippen molar-refractivity contribution in [2.45, 2.75) is 6.92 Å². The summed E-state index contributed by atoms with van der Waals surface area (Å²) in [6, 6.07) is 9.51. The smallest absolute Gasteiger partial charge is 0.263 e. The SMILES string of the molecule is Cc1c(C(=O)c2ccc(Cl)cc2)oc2cc3occ(C=C4C(=O)NC(=S)NC4=O)c(=O)c3cc12. The number of carbonyl (C=O) groups is 3. The van der Waals surface area contributed by atoms with Crippen LogP contribution in [0, 0.1) is 6.92 Å². The molecule has 0 spiro atoms. The number of benzene rings is 2. The fourth-order valence-electron chi connectivity index (χ4n) is 3.67. The number of furan rings is 1. The Morgan fingerprint density at radius 2 is 1.68 bits per heavy atom. The molecule has 2 amide bonds. The molecule has 2 aromatic carbocycles. The van der Waals surface area contributed by atoms with E-state index in [4.69, 9.17) is 32.7 Å². The van der Waals surface area contributed by atoms with Gasteiger partial charge in [-0.1, -0.05) is 11.6 Å². The number of aryl methyl sites for hydroxylation is 1. The lowest BCUT2D eigenvalue weighted by Gasteiger charge is -2.16. The number of hydrogen-bond acceptors (Lipinski definition) is 7. The van der Waals surface area contributed by atoms with Gasteiger partial charge in [-0.05, 0) is 55.5 Å². The topological polar surface area (TPSA) is 119 Å². The van der Waals surface area contributed by atoms with Gasteiger partial charge in [0.1, 0.15) is 23.0 Å². The number of amides is 2. The van der Waals surface area contributed by atoms with Crippen molar-refractivity contribution in [3.63, 3.8) is 0 Å². The van der Waals surface area contributed by atoms with Gasteiger partial charge in [-0.25, -0.2) is 0 Å². The van der Waals surface area contributed by atoms with Crippen molar-refractivity contribution >= 4 is 74.5 Å². The zero-order valence-corrected chi connectivity index (χ0v) is 18.9. The molecule has 168 valence electrons. The molecule has 1 fully saturated rings. The highest BCUT2D eigenvalue weighted by atomic mass is 35.5. The van der Waals surface area contributed by atoms with Crippen LogP contribution in [0.1, 0.15) is 27.2 Å². The lowest BCUT2D eigenvalue weighted by Crippen LogP contribution is -2.51. The van der Waals surface area contributed by atoms with E-state index in [1.165, 1.54) is 6.07 Å². The largest absolute Gasteiger partial charge is 0.463 e. The van der Waals surface area contributed by atoms with E-state index in [0.29, 0.717) is 27.1 Å². The molecule has 0 aliphatic carbocycles. The fraction of sp³-hybridized carbons (Fsp3) is 0.0417. The van der Waals surface area contributed by atoms with Crippen LogP contribution in [0.2, 0.25) is 5.02 Å². The molecule has 8 nitrogen and oxygen atoms in total. The fourth-order valence-corrected chi connectivity index (χ4v) is 3.98. The molecule has 0 unspecified atom stereocenters. The van der Waals surface area contributed by atoms with Crippen LogP contribution in [-0.4, -0.2) is 22.7 Å². The first-order valence-electron chi connectivity index (χ1n) is 9.90. The maximum Gasteiger partial charge on any atom is 0.263 e. The number of halogens is 1. The van der Waals surface area contributed by atoms with Gasteiger partial charge in [-0.15, -0.1) is 0 Å². The number of ketones is 1. The highest BCUT2D eigenvalue weighted by molar-refractivity contribution is 7.80. The molecule has 34 heavy (non-hydrogen) atoms. The number of thiocarbonyl (C=S) groups is 1. The van der Waals surface area contributed by atoms with Crippen LogP contribution in [0.3, 0.4) is 0 Å². The van der Waals surface area contributed by atoms with Crippen molar-refractivity contribution in [2.24, 2.45) is 0 Å². The molecular weight excluding hydrogens is 480 g/mol. The van der Waals surface area contributed by atoms with Crippen molar-refractivity contribution in [3.05, 3.63) is 85.9 Å². The zero-order chi connectivity index (χ0) is 24.1. The molecule has 0 radical (unpaired) electrons. The van der Waals surface area contributed by atoms with E-state index in [9.17, 15) is 19.2 Å². The van der Waals surface area contributed by atoms with E-state index in [0.717, 1.165) is 12.3 Å². The van der Waals surface area contributed by atoms with E-state index < -0.39 is 17.2 Å². The maximum atomic E-state index is 13.1. The molecule has 2 aromatic heterocycles. The Hall–Kier alpha value is -4.08. The third-order valence-corrected chi connectivity index (χ3v) is 5.87. The first-order chi connectivity index (χ1) is 16.2. The van der Waals surface area contributed by atoms with E-state index in [1.54, 1.807) is 37.3 Å². The highest BCUT2D eigenvalue weighted by Crippen LogP contribution is 2.30. The molecule has 0 saturated carbocycles. The monoisotopic (exact) mass is 492 g/mol. The van der Waals surface area contributed by atoms with Crippen LogP contribution in [0.15, 0.2) is 61.9 Å². The van der Waals surface area contributed by atoms with Gasteiger partial charge in [-0.3, -0.25) is 29.8 Å². The molecule has 1 aliphatic heterocycles. The lowest BCUT2D eigenvalue weighted by atomic mass is 10.0. The second-order valence-corrected chi connectivity index (χ2v) is 8.40. The Kier molecular flexibility index (Phi) is 5.15. The predicted molar refractivity (Wildman–Crippen MR) is 129 cm³/mol. The summed E-state index contributed by atoms with van der Waals surface area (Å²) in [5.41, 5.74) is 0.807. The molecule has 4 aromatic rings. The minimum Gasteiger partial charge on any atom is -0.463 e. The van der Waals surface area contributed by atoms with Crippen LogP contribution in [0.4, 0.5) is 0 Å². The van der Waals surface area contributed by atoms with Crippen molar-refractivity contribution in [3.8, 4) is 0 Å². The minimum atomic E-state index is -0.722. The Labute approximate surface area is 201 Å². The van der Waals surface area contributed by atoms with Gasteiger partial charge in [0, 0.05) is 27.6 Å². The van der Waals surface area contributed by atoms with Crippen LogP contribution in [0.25, 0.3) is 28.0 Å². The Morgan fingerprint density at radius 3 is 2.35 bits per heavy atom. The molecule has 10 heteroatoms. The summed E-state index contributed by atoms with van der Waals surface area (Å²) in [6.45, 7) is 1.72. The van der Waals surface area contributed by atoms with Gasteiger partial charge in [0.2, 0.25) is 5.78 Å². The van der Waals surface area contributed by atoms with Crippen molar-refractivity contribution in [1.82, 2.24) is 10.6 Å². The third-order valence-electron chi connectivity index (χ3n) is 5.41. The molecule has 2 N–H and O–H groups in total. The summed E-state index contributed by atoms with van der Waals surface area (Å²) in [4.78, 5) is 50.3. The number of rotatable bonds is 3. The lowest BCUT2D eigenvalue weighted by molar-refractivity contribution is -0.123. The summed E-state index contributed by atoms with van der Waals surface area (Å²) >= 11 is 10.7. The van der Waals surface area contributed by atoms with Gasteiger partial charge in [0.05, 0.1) is 10.9 Å². The molecule has 1 aliphatic rings. The van der Waals surface area contributed by atoms with Crippen molar-refractivity contribution in [2.75, 3.05) is 0 Å². The Morgan fingerprint density at radius 1 is 1.00 bits per heavy atom. The first kappa shape index (κ1) is 21.7. The van der Waals surface area contributed by atoms with Crippen molar-refractivity contribution in [1.29, 1.82) is 0 Å². The third kappa shape index (κ3) is 3.60. The summed E-state index contributed by atoms with van der Waals surface area (Å²) in [7, 11) is 0. The second-order valence-electron chi connectivity index (χ2n) is 7.55. The Bertz CT molecular complexity index is 1640. The predicted octanol–water partition coefficient (Wildman–Crippen LogP) is 3.65. The molecule has 3 heterocycles. The maximum absolute atomic E-state index is 13.1. The Balaban J connectivity index is 1.62. The van der Waals surface area contributed by atoms with E-state index in [2.05, 4.69) is 10.6 Å². The summed E-state index contributed by atoms with van der Waals surface area (Å²) < 4.78 is 11.4. The summed E-state index contributed by atoms with van der Waals surface area (Å²) in [5, 5.41) is 5.76. The average Bonchev–Trinajstić information content (AvgIpc) is 3.12. The quantitative estimate of drug-likeness (QED) is 0.194. The van der Waals surface area contributed by atoms with Gasteiger partial charge in [-0.2, -0.15) is 0 Å². The van der Waals surface area contributed by atoms with Gasteiger partial charge in [0.15, 0.2) is 16.3 Å². The molecule has 0 bridgehead atoms. The van der Waals surface area contributed by atoms with Gasteiger partial charge < -0.3 is 8.83 Å². The number of fused-ring (bicyclic) bond motifs is 2. The zero-order valence-electron chi connectivity index (χ0n) is 17.4. The molecule has 1 saturated heterocycles. The summed E-state index contributed by atoms with van der Waals surface area (Å²) in [6.07, 6.45) is 2.28. The standard InChI is InChI=1S/C24H13ClN2O6S/c1-10-14-7-15-17(8-18(14)33-21(10)20(29)11-2-4-13(25)5-3-11)32-9-12(19(15)28)6-16-22(30)26-24(34)27-23(16)31/h2-9H,1H3,(H2,26,27,30,31,34). The summed E-state index contributed by atoms with van der Waals surface area (Å²) in [5.74, 6) is -1.64. The first-order valence-corrected chi connectivity index (χ1v) is 10.7. The normalized spacial score (nSPS) is 13.8. The van der Waals surface area contributed by atoms with Crippen LogP contribution in [0.5, 0.6) is 0 Å².